The summed E-state index contributed by atoms with van der Waals surface area (Å²) >= 11 is 0. The molecule has 0 nitrogen and oxygen atoms in total. The van der Waals surface area contributed by atoms with Crippen LogP contribution in [0, 0.1) is 5.92 Å². The van der Waals surface area contributed by atoms with Crippen LogP contribution in [0.25, 0.3) is 0 Å². The van der Waals surface area contributed by atoms with Crippen molar-refractivity contribution in [1.29, 1.82) is 0 Å². The van der Waals surface area contributed by atoms with Crippen LogP contribution in [0.4, 0.5) is 0 Å². The van der Waals surface area contributed by atoms with Crippen molar-refractivity contribution in [3.8, 4) is 0 Å². The number of hydrogen-bond acceptors (Lipinski definition) is 0. The van der Waals surface area contributed by atoms with Gasteiger partial charge in [0.05, 0.1) is 0 Å². The fourth-order valence-electron chi connectivity index (χ4n) is 2.98. The summed E-state index contributed by atoms with van der Waals surface area (Å²) in [6, 6.07) is 0. The van der Waals surface area contributed by atoms with E-state index in [4.69, 9.17) is 0 Å². The first-order valence-corrected chi connectivity index (χ1v) is 7.26. The van der Waals surface area contributed by atoms with Gasteiger partial charge < -0.3 is 0 Å². The fourth-order valence-corrected chi connectivity index (χ4v) is 2.98. The summed E-state index contributed by atoms with van der Waals surface area (Å²) in [5.41, 5.74) is 3.48. The van der Waals surface area contributed by atoms with Gasteiger partial charge in [0.1, 0.15) is 0 Å². The highest BCUT2D eigenvalue weighted by atomic mass is 14.3. The number of unbranched alkanes of at least 4 members (excludes halogenated alkanes) is 1. The molecule has 0 bridgehead atoms. The minimum atomic E-state index is 0.847. The molecule has 0 spiro atoms. The van der Waals surface area contributed by atoms with Gasteiger partial charge in [-0.05, 0) is 57.3 Å². The summed E-state index contributed by atoms with van der Waals surface area (Å²) in [5, 5.41) is 0. The second-order valence-corrected chi connectivity index (χ2v) is 5.18. The van der Waals surface area contributed by atoms with Gasteiger partial charge >= 0.3 is 0 Å². The SMILES string of the molecule is C=CCCC1CCC/C1=C(/CC=C)CCCC. The lowest BCUT2D eigenvalue weighted by Gasteiger charge is -2.16. The van der Waals surface area contributed by atoms with E-state index in [2.05, 4.69) is 32.2 Å². The van der Waals surface area contributed by atoms with Crippen molar-refractivity contribution in [2.24, 2.45) is 5.92 Å². The van der Waals surface area contributed by atoms with Crippen LogP contribution in [0.15, 0.2) is 36.5 Å². The molecule has 1 aliphatic carbocycles. The zero-order chi connectivity index (χ0) is 12.5. The lowest BCUT2D eigenvalue weighted by atomic mass is 9.89. The van der Waals surface area contributed by atoms with Gasteiger partial charge in [0.15, 0.2) is 0 Å². The van der Waals surface area contributed by atoms with Crippen molar-refractivity contribution in [2.75, 3.05) is 0 Å². The van der Waals surface area contributed by atoms with Crippen LogP contribution in [0.3, 0.4) is 0 Å². The molecule has 1 atom stereocenters. The van der Waals surface area contributed by atoms with Gasteiger partial charge in [0, 0.05) is 0 Å². The molecule has 0 aromatic heterocycles. The topological polar surface area (TPSA) is 0 Å². The predicted octanol–water partition coefficient (Wildman–Crippen LogP) is 5.82. The second-order valence-electron chi connectivity index (χ2n) is 5.18. The van der Waals surface area contributed by atoms with Crippen LogP contribution >= 0.6 is 0 Å². The van der Waals surface area contributed by atoms with Crippen LogP contribution in [-0.4, -0.2) is 0 Å². The third-order valence-electron chi connectivity index (χ3n) is 3.89. The van der Waals surface area contributed by atoms with Crippen molar-refractivity contribution >= 4 is 0 Å². The lowest BCUT2D eigenvalue weighted by Crippen LogP contribution is -2.00. The van der Waals surface area contributed by atoms with Gasteiger partial charge in [0.2, 0.25) is 0 Å². The zero-order valence-corrected chi connectivity index (χ0v) is 11.5. The molecule has 0 aliphatic heterocycles. The summed E-state index contributed by atoms with van der Waals surface area (Å²) in [4.78, 5) is 0. The molecule has 0 radical (unpaired) electrons. The first-order valence-electron chi connectivity index (χ1n) is 7.26. The maximum Gasteiger partial charge on any atom is -0.0139 e. The molecule has 0 heterocycles. The van der Waals surface area contributed by atoms with E-state index >= 15 is 0 Å². The Morgan fingerprint density at radius 2 is 2.18 bits per heavy atom. The zero-order valence-electron chi connectivity index (χ0n) is 11.5. The summed E-state index contributed by atoms with van der Waals surface area (Å²) in [6.45, 7) is 10.0. The van der Waals surface area contributed by atoms with E-state index < -0.39 is 0 Å². The Balaban J connectivity index is 2.71. The molecule has 0 aromatic carbocycles. The summed E-state index contributed by atoms with van der Waals surface area (Å²) < 4.78 is 0. The van der Waals surface area contributed by atoms with E-state index in [0.29, 0.717) is 0 Å². The first-order chi connectivity index (χ1) is 8.33. The Morgan fingerprint density at radius 1 is 1.35 bits per heavy atom. The van der Waals surface area contributed by atoms with Gasteiger partial charge in [-0.2, -0.15) is 0 Å². The quantitative estimate of drug-likeness (QED) is 0.463. The van der Waals surface area contributed by atoms with Crippen molar-refractivity contribution in [3.05, 3.63) is 36.5 Å². The summed E-state index contributed by atoms with van der Waals surface area (Å²) in [7, 11) is 0. The molecule has 1 rings (SSSR count). The van der Waals surface area contributed by atoms with Gasteiger partial charge in [-0.15, -0.1) is 13.2 Å². The molecule has 0 aromatic rings. The molecular weight excluding hydrogens is 204 g/mol. The van der Waals surface area contributed by atoms with Crippen molar-refractivity contribution < 1.29 is 0 Å². The van der Waals surface area contributed by atoms with Crippen LogP contribution < -0.4 is 0 Å². The third kappa shape index (κ3) is 4.53. The van der Waals surface area contributed by atoms with Crippen LogP contribution in [0.2, 0.25) is 0 Å². The van der Waals surface area contributed by atoms with Crippen LogP contribution in [0.5, 0.6) is 0 Å². The van der Waals surface area contributed by atoms with Crippen molar-refractivity contribution in [1.82, 2.24) is 0 Å². The summed E-state index contributed by atoms with van der Waals surface area (Å²) in [5.74, 6) is 0.847. The molecule has 0 saturated heterocycles. The highest BCUT2D eigenvalue weighted by Crippen LogP contribution is 2.38. The molecule has 0 amide bonds. The Kier molecular flexibility index (Phi) is 7.00. The molecule has 0 heteroatoms. The average Bonchev–Trinajstić information content (AvgIpc) is 2.80. The monoisotopic (exact) mass is 232 g/mol. The maximum atomic E-state index is 3.92. The number of hydrogen-bond donors (Lipinski definition) is 0. The Labute approximate surface area is 108 Å². The minimum Gasteiger partial charge on any atom is -0.103 e. The second kappa shape index (κ2) is 8.33. The van der Waals surface area contributed by atoms with Gasteiger partial charge in [0.25, 0.3) is 0 Å². The average molecular weight is 232 g/mol. The Bertz CT molecular complexity index is 270. The maximum absolute atomic E-state index is 3.92. The fraction of sp³-hybridized carbons (Fsp3) is 0.647. The lowest BCUT2D eigenvalue weighted by molar-refractivity contribution is 0.571. The van der Waals surface area contributed by atoms with Gasteiger partial charge in [-0.3, -0.25) is 0 Å². The molecule has 1 fully saturated rings. The van der Waals surface area contributed by atoms with Gasteiger partial charge in [-0.25, -0.2) is 0 Å². The minimum absolute atomic E-state index is 0.847. The van der Waals surface area contributed by atoms with Crippen LogP contribution in [-0.2, 0) is 0 Å². The number of rotatable bonds is 8. The molecule has 1 aliphatic rings. The Morgan fingerprint density at radius 3 is 2.82 bits per heavy atom. The normalized spacial score (nSPS) is 22.5. The molecule has 1 saturated carbocycles. The molecular formula is C17H28. The predicted molar refractivity (Wildman–Crippen MR) is 78.1 cm³/mol. The summed E-state index contributed by atoms with van der Waals surface area (Å²) in [6.07, 6.45) is 15.8. The third-order valence-corrected chi connectivity index (χ3v) is 3.89. The highest BCUT2D eigenvalue weighted by molar-refractivity contribution is 5.22. The van der Waals surface area contributed by atoms with Crippen molar-refractivity contribution in [2.45, 2.75) is 64.7 Å². The first kappa shape index (κ1) is 14.3. The Hall–Kier alpha value is -0.780. The van der Waals surface area contributed by atoms with Crippen LogP contribution in [0.1, 0.15) is 64.7 Å². The van der Waals surface area contributed by atoms with Gasteiger partial charge in [-0.1, -0.05) is 36.6 Å². The number of allylic oxidation sites excluding steroid dienone is 4. The molecule has 0 N–H and O–H groups in total. The largest absolute Gasteiger partial charge is 0.103 e. The smallest absolute Gasteiger partial charge is 0.0139 e. The van der Waals surface area contributed by atoms with Crippen molar-refractivity contribution in [3.63, 3.8) is 0 Å². The van der Waals surface area contributed by atoms with E-state index in [-0.39, 0.29) is 0 Å². The molecule has 17 heavy (non-hydrogen) atoms. The van der Waals surface area contributed by atoms with E-state index in [1.807, 2.05) is 0 Å². The molecule has 96 valence electrons. The standard InChI is InChI=1S/C17H28/c1-4-7-11-15(10-6-3)17-14-9-13-16(17)12-8-5-2/h5-6,16H,2-4,7-14H2,1H3/b17-15+. The van der Waals surface area contributed by atoms with E-state index in [1.54, 1.807) is 11.1 Å². The van der Waals surface area contributed by atoms with E-state index in [1.165, 1.54) is 51.4 Å². The highest BCUT2D eigenvalue weighted by Gasteiger charge is 2.22. The van der Waals surface area contributed by atoms with E-state index in [9.17, 15) is 0 Å². The van der Waals surface area contributed by atoms with E-state index in [0.717, 1.165) is 12.3 Å². The molecule has 1 unspecified atom stereocenters.